The van der Waals surface area contributed by atoms with Gasteiger partial charge in [0.05, 0.1) is 22.9 Å². The van der Waals surface area contributed by atoms with Crippen molar-refractivity contribution in [3.05, 3.63) is 105 Å². The highest BCUT2D eigenvalue weighted by Gasteiger charge is 2.38. The molecule has 0 heterocycles. The van der Waals surface area contributed by atoms with Gasteiger partial charge in [-0.3, -0.25) is 19.7 Å². The summed E-state index contributed by atoms with van der Waals surface area (Å²) in [4.78, 5) is 37.1. The SMILES string of the molecule is COc1ccc(SC(C2=C(O)c3ccccc3C(=O)C2=O)c2ccc([N+](=O)[O-])cc2)cc1. The normalized spacial score (nSPS) is 14.2. The second-order valence-corrected chi connectivity index (χ2v) is 8.17. The van der Waals surface area contributed by atoms with Crippen LogP contribution in [-0.2, 0) is 4.79 Å². The summed E-state index contributed by atoms with van der Waals surface area (Å²) in [5.74, 6) is -1.11. The van der Waals surface area contributed by atoms with Crippen LogP contribution in [0.3, 0.4) is 0 Å². The number of fused-ring (bicyclic) bond motifs is 1. The zero-order valence-electron chi connectivity index (χ0n) is 16.8. The Morgan fingerprint density at radius 2 is 1.53 bits per heavy atom. The maximum atomic E-state index is 13.1. The van der Waals surface area contributed by atoms with E-state index in [-0.39, 0.29) is 28.1 Å². The van der Waals surface area contributed by atoms with E-state index in [0.29, 0.717) is 11.3 Å². The van der Waals surface area contributed by atoms with Gasteiger partial charge in [0.25, 0.3) is 5.69 Å². The Hall–Kier alpha value is -3.91. The second-order valence-electron chi connectivity index (χ2n) is 6.99. The summed E-state index contributed by atoms with van der Waals surface area (Å²) < 4.78 is 5.18. The van der Waals surface area contributed by atoms with Gasteiger partial charge in [-0.15, -0.1) is 11.8 Å². The van der Waals surface area contributed by atoms with Crippen LogP contribution in [-0.4, -0.2) is 28.7 Å². The molecule has 3 aromatic rings. The second kappa shape index (κ2) is 8.68. The van der Waals surface area contributed by atoms with Crippen molar-refractivity contribution >= 4 is 34.8 Å². The van der Waals surface area contributed by atoms with Gasteiger partial charge in [-0.2, -0.15) is 0 Å². The number of methoxy groups -OCH3 is 1. The number of benzene rings is 3. The average Bonchev–Trinajstić information content (AvgIpc) is 2.82. The molecule has 1 atom stereocenters. The summed E-state index contributed by atoms with van der Waals surface area (Å²) in [5.41, 5.74) is 0.823. The number of non-ortho nitro benzene ring substituents is 1. The third-order valence-electron chi connectivity index (χ3n) is 5.11. The number of thioether (sulfide) groups is 1. The average molecular weight is 447 g/mol. The molecule has 32 heavy (non-hydrogen) atoms. The number of Topliss-reactive ketones (excluding diaryl/α,β-unsaturated/α-hetero) is 2. The van der Waals surface area contributed by atoms with Crippen LogP contribution >= 0.6 is 11.8 Å². The van der Waals surface area contributed by atoms with E-state index in [9.17, 15) is 24.8 Å². The minimum atomic E-state index is -0.800. The number of ether oxygens (including phenoxy) is 1. The van der Waals surface area contributed by atoms with Crippen molar-refractivity contribution in [2.24, 2.45) is 0 Å². The van der Waals surface area contributed by atoms with Gasteiger partial charge < -0.3 is 9.84 Å². The zero-order valence-corrected chi connectivity index (χ0v) is 17.7. The number of hydrogen-bond acceptors (Lipinski definition) is 7. The van der Waals surface area contributed by atoms with E-state index in [1.165, 1.54) is 42.1 Å². The highest BCUT2D eigenvalue weighted by molar-refractivity contribution is 7.99. The van der Waals surface area contributed by atoms with E-state index in [4.69, 9.17) is 4.74 Å². The molecule has 0 spiro atoms. The fraction of sp³-hybridized carbons (Fsp3) is 0.0833. The molecule has 0 radical (unpaired) electrons. The Bertz CT molecular complexity index is 1250. The van der Waals surface area contributed by atoms with Crippen LogP contribution in [0.25, 0.3) is 5.76 Å². The Morgan fingerprint density at radius 3 is 2.12 bits per heavy atom. The first-order valence-electron chi connectivity index (χ1n) is 9.57. The van der Waals surface area contributed by atoms with Crippen LogP contribution in [0.2, 0.25) is 0 Å². The first-order valence-corrected chi connectivity index (χ1v) is 10.4. The lowest BCUT2D eigenvalue weighted by Crippen LogP contribution is -2.26. The predicted octanol–water partition coefficient (Wildman–Crippen LogP) is 5.17. The molecule has 8 heteroatoms. The van der Waals surface area contributed by atoms with E-state index >= 15 is 0 Å². The number of aliphatic hydroxyl groups excluding tert-OH is 1. The van der Waals surface area contributed by atoms with Crippen molar-refractivity contribution in [1.29, 1.82) is 0 Å². The molecule has 0 bridgehead atoms. The molecule has 0 saturated heterocycles. The Morgan fingerprint density at radius 1 is 0.906 bits per heavy atom. The smallest absolute Gasteiger partial charge is 0.269 e. The van der Waals surface area contributed by atoms with Crippen molar-refractivity contribution < 1.29 is 24.4 Å². The van der Waals surface area contributed by atoms with Crippen LogP contribution in [0.4, 0.5) is 5.69 Å². The van der Waals surface area contributed by atoms with E-state index in [0.717, 1.165) is 4.90 Å². The lowest BCUT2D eigenvalue weighted by atomic mass is 9.85. The molecule has 1 N–H and O–H groups in total. The van der Waals surface area contributed by atoms with Gasteiger partial charge in [0.1, 0.15) is 11.5 Å². The number of nitro benzene ring substituents is 1. The lowest BCUT2D eigenvalue weighted by molar-refractivity contribution is -0.384. The van der Waals surface area contributed by atoms with Crippen molar-refractivity contribution in [3.63, 3.8) is 0 Å². The van der Waals surface area contributed by atoms with Crippen molar-refractivity contribution in [3.8, 4) is 5.75 Å². The standard InChI is InChI=1S/C24H17NO6S/c1-31-16-10-12-17(13-11-16)32-24(14-6-8-15(9-7-14)25(29)30)20-21(26)18-4-2-3-5-19(18)22(27)23(20)28/h2-13,24,26H,1H3. The molecule has 1 unspecified atom stereocenters. The monoisotopic (exact) mass is 447 g/mol. The largest absolute Gasteiger partial charge is 0.507 e. The minimum absolute atomic E-state index is 0.0524. The molecule has 0 fully saturated rings. The molecule has 1 aliphatic carbocycles. The number of rotatable bonds is 6. The number of aliphatic hydroxyl groups is 1. The topological polar surface area (TPSA) is 107 Å². The number of carbonyl (C=O) groups excluding carboxylic acids is 2. The highest BCUT2D eigenvalue weighted by Crippen LogP contribution is 2.46. The number of ketones is 2. The summed E-state index contributed by atoms with van der Waals surface area (Å²) in [6, 6.07) is 19.2. The van der Waals surface area contributed by atoms with Gasteiger partial charge in [0.2, 0.25) is 11.6 Å². The van der Waals surface area contributed by atoms with Crippen molar-refractivity contribution in [1.82, 2.24) is 0 Å². The Balaban J connectivity index is 1.85. The van der Waals surface area contributed by atoms with Crippen LogP contribution < -0.4 is 4.74 Å². The summed E-state index contributed by atoms with van der Waals surface area (Å²) in [5, 5.41) is 21.3. The fourth-order valence-corrected chi connectivity index (χ4v) is 4.68. The first-order chi connectivity index (χ1) is 15.4. The maximum absolute atomic E-state index is 13.1. The number of nitrogens with zero attached hydrogens (tertiary/aromatic N) is 1. The van der Waals surface area contributed by atoms with E-state index < -0.39 is 21.7 Å². The van der Waals surface area contributed by atoms with E-state index in [1.54, 1.807) is 49.6 Å². The molecule has 7 nitrogen and oxygen atoms in total. The van der Waals surface area contributed by atoms with Gasteiger partial charge in [0.15, 0.2) is 0 Å². The summed E-state index contributed by atoms with van der Waals surface area (Å²) >= 11 is 1.25. The number of hydrogen-bond donors (Lipinski definition) is 1. The molecular formula is C24H17NO6S. The van der Waals surface area contributed by atoms with Gasteiger partial charge in [-0.05, 0) is 29.8 Å². The molecule has 1 aliphatic rings. The molecule has 0 amide bonds. The van der Waals surface area contributed by atoms with Crippen molar-refractivity contribution in [2.75, 3.05) is 7.11 Å². The van der Waals surface area contributed by atoms with Crippen molar-refractivity contribution in [2.45, 2.75) is 10.1 Å². The predicted molar refractivity (Wildman–Crippen MR) is 120 cm³/mol. The van der Waals surface area contributed by atoms with E-state index in [1.807, 2.05) is 0 Å². The Kier molecular flexibility index (Phi) is 5.79. The minimum Gasteiger partial charge on any atom is -0.507 e. The van der Waals surface area contributed by atoms with Crippen LogP contribution in [0, 0.1) is 10.1 Å². The lowest BCUT2D eigenvalue weighted by Gasteiger charge is -2.24. The van der Waals surface area contributed by atoms with Gasteiger partial charge in [0, 0.05) is 28.2 Å². The highest BCUT2D eigenvalue weighted by atomic mass is 32.2. The number of nitro groups is 1. The maximum Gasteiger partial charge on any atom is 0.269 e. The Labute approximate surface area is 187 Å². The molecular weight excluding hydrogens is 430 g/mol. The number of carbonyl (C=O) groups is 2. The summed E-state index contributed by atoms with van der Waals surface area (Å²) in [7, 11) is 1.55. The molecule has 0 aliphatic heterocycles. The van der Waals surface area contributed by atoms with Crippen LogP contribution in [0.5, 0.6) is 5.75 Å². The molecule has 3 aromatic carbocycles. The van der Waals surface area contributed by atoms with Gasteiger partial charge >= 0.3 is 0 Å². The van der Waals surface area contributed by atoms with Gasteiger partial charge in [-0.1, -0.05) is 36.4 Å². The third kappa shape index (κ3) is 3.88. The molecule has 0 saturated carbocycles. The van der Waals surface area contributed by atoms with Crippen LogP contribution in [0.15, 0.2) is 83.3 Å². The van der Waals surface area contributed by atoms with Gasteiger partial charge in [-0.25, -0.2) is 0 Å². The van der Waals surface area contributed by atoms with E-state index in [2.05, 4.69) is 0 Å². The molecule has 160 valence electrons. The summed E-state index contributed by atoms with van der Waals surface area (Å²) in [6.45, 7) is 0. The molecule has 4 rings (SSSR count). The quantitative estimate of drug-likeness (QED) is 0.240. The van der Waals surface area contributed by atoms with Crippen LogP contribution in [0.1, 0.15) is 26.7 Å². The zero-order chi connectivity index (χ0) is 22.8. The first kappa shape index (κ1) is 21.3. The molecule has 0 aromatic heterocycles. The third-order valence-corrected chi connectivity index (χ3v) is 6.40. The fourth-order valence-electron chi connectivity index (χ4n) is 3.48. The summed E-state index contributed by atoms with van der Waals surface area (Å²) in [6.07, 6.45) is 0.